The lowest BCUT2D eigenvalue weighted by atomic mass is 9.98. The van der Waals surface area contributed by atoms with E-state index in [1.54, 1.807) is 24.4 Å². The second kappa shape index (κ2) is 10.3. The highest BCUT2D eigenvalue weighted by molar-refractivity contribution is 6.33. The molecule has 0 bridgehead atoms. The third-order valence-electron chi connectivity index (χ3n) is 6.90. The minimum atomic E-state index is -0.472. The monoisotopic (exact) mass is 507 g/mol. The lowest BCUT2D eigenvalue weighted by Gasteiger charge is -2.31. The zero-order valence-electron chi connectivity index (χ0n) is 20.0. The molecule has 36 heavy (non-hydrogen) atoms. The highest BCUT2D eigenvalue weighted by Crippen LogP contribution is 2.33. The first-order valence-electron chi connectivity index (χ1n) is 12.1. The lowest BCUT2D eigenvalue weighted by Crippen LogP contribution is -2.44. The van der Waals surface area contributed by atoms with Gasteiger partial charge in [0.1, 0.15) is 5.82 Å². The summed E-state index contributed by atoms with van der Waals surface area (Å²) >= 11 is 6.28. The molecule has 0 spiro atoms. The lowest BCUT2D eigenvalue weighted by molar-refractivity contribution is -0.131. The Labute approximate surface area is 214 Å². The molecule has 9 heteroatoms. The summed E-state index contributed by atoms with van der Waals surface area (Å²) < 4.78 is 14.6. The molecule has 1 fully saturated rings. The number of aromatic nitrogens is 2. The van der Waals surface area contributed by atoms with Gasteiger partial charge in [-0.1, -0.05) is 23.7 Å². The molecule has 2 N–H and O–H groups in total. The summed E-state index contributed by atoms with van der Waals surface area (Å²) in [5.74, 6) is -0.604. The number of pyridine rings is 2. The topological polar surface area (TPSA) is 87.2 Å². The highest BCUT2D eigenvalue weighted by atomic mass is 35.5. The summed E-state index contributed by atoms with van der Waals surface area (Å²) in [6, 6.07) is 10.2. The van der Waals surface area contributed by atoms with Gasteiger partial charge in [-0.15, -0.1) is 0 Å². The Bertz CT molecular complexity index is 1290. The molecule has 2 aliphatic heterocycles. The van der Waals surface area contributed by atoms with E-state index in [-0.39, 0.29) is 41.4 Å². The van der Waals surface area contributed by atoms with E-state index in [9.17, 15) is 14.0 Å². The number of hydrogen-bond acceptors (Lipinski definition) is 5. The SMILES string of the molecule is CN(C(=O)Cc1ccc(Cc2cc(-c3c(F)cccc3Cl)nc3c2C(=O)NC3)nc1)C1CCNCC1. The van der Waals surface area contributed by atoms with Crippen LogP contribution in [0.25, 0.3) is 11.3 Å². The molecule has 0 radical (unpaired) electrons. The van der Waals surface area contributed by atoms with Crippen molar-refractivity contribution < 1.29 is 14.0 Å². The van der Waals surface area contributed by atoms with Crippen LogP contribution >= 0.6 is 11.6 Å². The van der Waals surface area contributed by atoms with Gasteiger partial charge >= 0.3 is 0 Å². The second-order valence-corrected chi connectivity index (χ2v) is 9.67. The number of nitrogens with one attached hydrogen (secondary N) is 2. The molecule has 0 aliphatic carbocycles. The first kappa shape index (κ1) is 24.3. The van der Waals surface area contributed by atoms with Gasteiger partial charge < -0.3 is 15.5 Å². The van der Waals surface area contributed by atoms with Crippen molar-refractivity contribution in [2.45, 2.75) is 38.3 Å². The van der Waals surface area contributed by atoms with Gasteiger partial charge in [0.25, 0.3) is 5.91 Å². The van der Waals surface area contributed by atoms with Crippen molar-refractivity contribution in [1.29, 1.82) is 0 Å². The van der Waals surface area contributed by atoms with E-state index in [2.05, 4.69) is 20.6 Å². The van der Waals surface area contributed by atoms with Crippen molar-refractivity contribution in [3.8, 4) is 11.3 Å². The Morgan fingerprint density at radius 1 is 1.19 bits per heavy atom. The third-order valence-corrected chi connectivity index (χ3v) is 7.22. The molecule has 2 aromatic heterocycles. The summed E-state index contributed by atoms with van der Waals surface area (Å²) in [5, 5.41) is 6.37. The minimum Gasteiger partial charge on any atom is -0.346 e. The first-order chi connectivity index (χ1) is 17.4. The first-order valence-corrected chi connectivity index (χ1v) is 12.4. The molecular formula is C27H27ClFN5O2. The van der Waals surface area contributed by atoms with Crippen LogP contribution in [0.15, 0.2) is 42.6 Å². The Morgan fingerprint density at radius 3 is 2.72 bits per heavy atom. The number of amides is 2. The number of benzene rings is 1. The van der Waals surface area contributed by atoms with Crippen molar-refractivity contribution in [3.63, 3.8) is 0 Å². The Balaban J connectivity index is 1.36. The summed E-state index contributed by atoms with van der Waals surface area (Å²) in [4.78, 5) is 36.2. The number of nitrogens with zero attached hydrogens (tertiary/aromatic N) is 3. The third kappa shape index (κ3) is 4.96. The van der Waals surface area contributed by atoms with E-state index < -0.39 is 5.82 Å². The number of carbonyl (C=O) groups is 2. The molecule has 0 saturated carbocycles. The summed E-state index contributed by atoms with van der Waals surface area (Å²) in [6.45, 7) is 2.14. The molecule has 2 aliphatic rings. The standard InChI is InChI=1S/C27H27ClFN5O2/c1-34(19-7-9-30-10-8-19)24(35)11-16-5-6-18(31-14-16)12-17-13-22(26-20(28)3-2-4-21(26)29)33-23-15-32-27(36)25(17)23/h2-6,13-14,19,30H,7-12,15H2,1H3,(H,32,36). The van der Waals surface area contributed by atoms with E-state index in [1.165, 1.54) is 6.07 Å². The average Bonchev–Trinajstić information content (AvgIpc) is 3.26. The average molecular weight is 508 g/mol. The van der Waals surface area contributed by atoms with Gasteiger partial charge in [0, 0.05) is 31.4 Å². The molecule has 2 amide bonds. The van der Waals surface area contributed by atoms with E-state index in [0.717, 1.165) is 37.2 Å². The summed E-state index contributed by atoms with van der Waals surface area (Å²) in [5.41, 5.74) is 3.92. The Kier molecular flexibility index (Phi) is 6.98. The van der Waals surface area contributed by atoms with Crippen LogP contribution in [0.2, 0.25) is 5.02 Å². The van der Waals surface area contributed by atoms with Crippen LogP contribution < -0.4 is 10.6 Å². The second-order valence-electron chi connectivity index (χ2n) is 9.26. The van der Waals surface area contributed by atoms with E-state index in [0.29, 0.717) is 28.9 Å². The summed E-state index contributed by atoms with van der Waals surface area (Å²) in [6.07, 6.45) is 4.28. The van der Waals surface area contributed by atoms with Crippen LogP contribution in [0.1, 0.15) is 45.7 Å². The predicted octanol–water partition coefficient (Wildman–Crippen LogP) is 3.52. The fraction of sp³-hybridized carbons (Fsp3) is 0.333. The number of hydrogen-bond donors (Lipinski definition) is 2. The van der Waals surface area contributed by atoms with Gasteiger partial charge in [-0.2, -0.15) is 0 Å². The normalized spacial score (nSPS) is 15.5. The molecule has 0 unspecified atom stereocenters. The van der Waals surface area contributed by atoms with Crippen molar-refractivity contribution in [1.82, 2.24) is 25.5 Å². The number of halogens is 2. The number of likely N-dealkylation sites (N-methyl/N-ethyl adjacent to an activating group) is 1. The quantitative estimate of drug-likeness (QED) is 0.533. The summed E-state index contributed by atoms with van der Waals surface area (Å²) in [7, 11) is 1.87. The minimum absolute atomic E-state index is 0.0754. The fourth-order valence-corrected chi connectivity index (χ4v) is 5.14. The van der Waals surface area contributed by atoms with E-state index in [4.69, 9.17) is 11.6 Å². The van der Waals surface area contributed by atoms with Crippen LogP contribution in [0, 0.1) is 5.82 Å². The predicted molar refractivity (Wildman–Crippen MR) is 135 cm³/mol. The van der Waals surface area contributed by atoms with Crippen LogP contribution in [-0.2, 0) is 24.2 Å². The van der Waals surface area contributed by atoms with Crippen LogP contribution in [-0.4, -0.2) is 52.9 Å². The molecule has 186 valence electrons. The highest BCUT2D eigenvalue weighted by Gasteiger charge is 2.27. The number of rotatable bonds is 6. The number of carbonyl (C=O) groups excluding carboxylic acids is 2. The Morgan fingerprint density at radius 2 is 2.00 bits per heavy atom. The van der Waals surface area contributed by atoms with Gasteiger partial charge in [-0.25, -0.2) is 9.37 Å². The van der Waals surface area contributed by atoms with Crippen molar-refractivity contribution in [2.75, 3.05) is 20.1 Å². The zero-order valence-corrected chi connectivity index (χ0v) is 20.7. The molecule has 5 rings (SSSR count). The maximum absolute atomic E-state index is 14.6. The van der Waals surface area contributed by atoms with Gasteiger partial charge in [-0.05, 0) is 61.3 Å². The molecular weight excluding hydrogens is 481 g/mol. The largest absolute Gasteiger partial charge is 0.346 e. The number of piperidine rings is 1. The van der Waals surface area contributed by atoms with Crippen molar-refractivity contribution in [2.24, 2.45) is 0 Å². The smallest absolute Gasteiger partial charge is 0.253 e. The molecule has 1 aromatic carbocycles. The molecule has 3 aromatic rings. The van der Waals surface area contributed by atoms with E-state index >= 15 is 0 Å². The fourth-order valence-electron chi connectivity index (χ4n) is 4.88. The maximum Gasteiger partial charge on any atom is 0.253 e. The number of fused-ring (bicyclic) bond motifs is 1. The molecule has 4 heterocycles. The van der Waals surface area contributed by atoms with Crippen LogP contribution in [0.4, 0.5) is 4.39 Å². The van der Waals surface area contributed by atoms with Gasteiger partial charge in [0.15, 0.2) is 0 Å². The van der Waals surface area contributed by atoms with Gasteiger partial charge in [0.2, 0.25) is 5.91 Å². The van der Waals surface area contributed by atoms with Gasteiger partial charge in [0.05, 0.1) is 40.5 Å². The Hall–Kier alpha value is -3.36. The van der Waals surface area contributed by atoms with Crippen molar-refractivity contribution in [3.05, 3.63) is 81.5 Å². The van der Waals surface area contributed by atoms with Gasteiger partial charge in [-0.3, -0.25) is 14.6 Å². The van der Waals surface area contributed by atoms with Crippen molar-refractivity contribution >= 4 is 23.4 Å². The van der Waals surface area contributed by atoms with Crippen LogP contribution in [0.5, 0.6) is 0 Å². The molecule has 1 saturated heterocycles. The van der Waals surface area contributed by atoms with Crippen LogP contribution in [0.3, 0.4) is 0 Å². The zero-order chi connectivity index (χ0) is 25.2. The van der Waals surface area contributed by atoms with E-state index in [1.807, 2.05) is 24.1 Å². The molecule has 0 atom stereocenters. The maximum atomic E-state index is 14.6. The molecule has 7 nitrogen and oxygen atoms in total.